The van der Waals surface area contributed by atoms with E-state index in [9.17, 15) is 4.79 Å². The maximum absolute atomic E-state index is 11.8. The van der Waals surface area contributed by atoms with Gasteiger partial charge in [0.25, 0.3) is 0 Å². The first-order valence-electron chi connectivity index (χ1n) is 5.32. The fourth-order valence-electron chi connectivity index (χ4n) is 1.26. The largest absolute Gasteiger partial charge is 0.379 e. The lowest BCUT2D eigenvalue weighted by Gasteiger charge is -2.21. The van der Waals surface area contributed by atoms with E-state index in [-0.39, 0.29) is 11.4 Å². The molecule has 0 aliphatic rings. The highest BCUT2D eigenvalue weighted by Gasteiger charge is 2.19. The van der Waals surface area contributed by atoms with Crippen molar-refractivity contribution in [3.8, 4) is 0 Å². The third-order valence-electron chi connectivity index (χ3n) is 2.57. The molecule has 0 saturated carbocycles. The molecule has 88 valence electrons. The van der Waals surface area contributed by atoms with Crippen LogP contribution in [0.15, 0.2) is 12.3 Å². The van der Waals surface area contributed by atoms with Crippen LogP contribution in [0.2, 0.25) is 0 Å². The van der Waals surface area contributed by atoms with Crippen molar-refractivity contribution in [2.75, 3.05) is 7.11 Å². The van der Waals surface area contributed by atoms with E-state index in [1.807, 2.05) is 13.8 Å². The minimum atomic E-state index is -0.266. The number of ether oxygens (including phenoxy) is 1. The lowest BCUT2D eigenvalue weighted by Crippen LogP contribution is -2.23. The first kappa shape index (κ1) is 12.8. The molecule has 4 heteroatoms. The van der Waals surface area contributed by atoms with Gasteiger partial charge in [-0.3, -0.25) is 4.79 Å². The molecule has 0 aromatic carbocycles. The lowest BCUT2D eigenvalue weighted by atomic mass is 10.00. The molecule has 0 amide bonds. The van der Waals surface area contributed by atoms with Crippen molar-refractivity contribution in [3.05, 3.63) is 23.8 Å². The van der Waals surface area contributed by atoms with Crippen LogP contribution in [0.4, 0.5) is 0 Å². The summed E-state index contributed by atoms with van der Waals surface area (Å²) in [5, 5.41) is 0. The average Bonchev–Trinajstić information content (AvgIpc) is 2.26. The molecule has 1 aromatic rings. The number of carbonyl (C=O) groups is 1. The van der Waals surface area contributed by atoms with E-state index < -0.39 is 0 Å². The second-order valence-electron chi connectivity index (χ2n) is 4.38. The molecule has 0 radical (unpaired) electrons. The smallest absolute Gasteiger partial charge is 0.181 e. The van der Waals surface area contributed by atoms with Crippen molar-refractivity contribution in [1.82, 2.24) is 9.97 Å². The molecule has 1 heterocycles. The van der Waals surface area contributed by atoms with E-state index in [0.29, 0.717) is 24.4 Å². The molecule has 1 rings (SSSR count). The van der Waals surface area contributed by atoms with Crippen LogP contribution in [0, 0.1) is 6.92 Å². The lowest BCUT2D eigenvalue weighted by molar-refractivity contribution is 0.0141. The zero-order valence-corrected chi connectivity index (χ0v) is 10.3. The van der Waals surface area contributed by atoms with Gasteiger partial charge < -0.3 is 4.74 Å². The van der Waals surface area contributed by atoms with E-state index in [1.54, 1.807) is 26.3 Å². The van der Waals surface area contributed by atoms with Crippen LogP contribution in [0.1, 0.15) is 43.0 Å². The highest BCUT2D eigenvalue weighted by Crippen LogP contribution is 2.16. The number of aryl methyl sites for hydroxylation is 1. The van der Waals surface area contributed by atoms with Gasteiger partial charge in [-0.05, 0) is 33.3 Å². The van der Waals surface area contributed by atoms with Crippen molar-refractivity contribution >= 4 is 5.78 Å². The molecule has 1 aromatic heterocycles. The number of aromatic nitrogens is 2. The number of hydrogen-bond acceptors (Lipinski definition) is 4. The number of rotatable bonds is 5. The van der Waals surface area contributed by atoms with Crippen molar-refractivity contribution in [2.24, 2.45) is 0 Å². The summed E-state index contributed by atoms with van der Waals surface area (Å²) in [6, 6.07) is 1.65. The van der Waals surface area contributed by atoms with E-state index in [2.05, 4.69) is 9.97 Å². The molecule has 0 saturated heterocycles. The minimum absolute atomic E-state index is 0.0376. The van der Waals surface area contributed by atoms with Crippen molar-refractivity contribution in [3.63, 3.8) is 0 Å². The van der Waals surface area contributed by atoms with Gasteiger partial charge in [0.1, 0.15) is 11.5 Å². The first-order valence-corrected chi connectivity index (χ1v) is 5.32. The van der Waals surface area contributed by atoms with E-state index in [0.717, 1.165) is 0 Å². The summed E-state index contributed by atoms with van der Waals surface area (Å²) in [6.07, 6.45) is 2.74. The highest BCUT2D eigenvalue weighted by atomic mass is 16.5. The van der Waals surface area contributed by atoms with Crippen LogP contribution in [-0.4, -0.2) is 28.5 Å². The van der Waals surface area contributed by atoms with Gasteiger partial charge >= 0.3 is 0 Å². The van der Waals surface area contributed by atoms with Gasteiger partial charge in [-0.25, -0.2) is 9.97 Å². The number of carbonyl (C=O) groups excluding carboxylic acids is 1. The van der Waals surface area contributed by atoms with Crippen molar-refractivity contribution < 1.29 is 9.53 Å². The molecule has 0 bridgehead atoms. The fourth-order valence-corrected chi connectivity index (χ4v) is 1.26. The summed E-state index contributed by atoms with van der Waals surface area (Å²) in [4.78, 5) is 19.9. The van der Waals surface area contributed by atoms with Crippen LogP contribution in [0.3, 0.4) is 0 Å². The Bertz CT molecular complexity index is 375. The summed E-state index contributed by atoms with van der Waals surface area (Å²) in [6.45, 7) is 5.70. The summed E-state index contributed by atoms with van der Waals surface area (Å²) in [5.41, 5.74) is 0.219. The summed E-state index contributed by atoms with van der Waals surface area (Å²) in [7, 11) is 1.65. The monoisotopic (exact) mass is 222 g/mol. The Morgan fingerprint density at radius 1 is 1.50 bits per heavy atom. The number of nitrogens with zero attached hydrogens (tertiary/aromatic N) is 2. The number of methoxy groups -OCH3 is 1. The third-order valence-corrected chi connectivity index (χ3v) is 2.57. The molecule has 0 spiro atoms. The SMILES string of the molecule is COC(C)(C)CCC(=O)c1ccnc(C)n1. The van der Waals surface area contributed by atoms with Crippen LogP contribution in [-0.2, 0) is 4.74 Å². The Morgan fingerprint density at radius 2 is 2.19 bits per heavy atom. The Kier molecular flexibility index (Phi) is 4.12. The summed E-state index contributed by atoms with van der Waals surface area (Å²) >= 11 is 0. The van der Waals surface area contributed by atoms with E-state index in [1.165, 1.54) is 0 Å². The average molecular weight is 222 g/mol. The normalized spacial score (nSPS) is 11.5. The van der Waals surface area contributed by atoms with Gasteiger partial charge in [0.2, 0.25) is 0 Å². The molecular formula is C12H18N2O2. The quantitative estimate of drug-likeness (QED) is 0.716. The molecule has 0 N–H and O–H groups in total. The Labute approximate surface area is 96.1 Å². The fraction of sp³-hybridized carbons (Fsp3) is 0.583. The molecule has 0 atom stereocenters. The maximum Gasteiger partial charge on any atom is 0.181 e. The highest BCUT2D eigenvalue weighted by molar-refractivity contribution is 5.94. The molecule has 0 aliphatic heterocycles. The third kappa shape index (κ3) is 3.70. The van der Waals surface area contributed by atoms with Crippen molar-refractivity contribution in [2.45, 2.75) is 39.2 Å². The maximum atomic E-state index is 11.8. The predicted octanol–water partition coefficient (Wildman–Crippen LogP) is 2.17. The molecule has 0 fully saturated rings. The first-order chi connectivity index (χ1) is 7.44. The van der Waals surface area contributed by atoms with Gasteiger partial charge in [-0.1, -0.05) is 0 Å². The van der Waals surface area contributed by atoms with Crippen LogP contribution in [0.25, 0.3) is 0 Å². The minimum Gasteiger partial charge on any atom is -0.379 e. The van der Waals surface area contributed by atoms with Crippen LogP contribution < -0.4 is 0 Å². The Morgan fingerprint density at radius 3 is 2.75 bits per heavy atom. The van der Waals surface area contributed by atoms with E-state index in [4.69, 9.17) is 4.74 Å². The van der Waals surface area contributed by atoms with Crippen LogP contribution in [0.5, 0.6) is 0 Å². The van der Waals surface area contributed by atoms with Gasteiger partial charge in [0, 0.05) is 19.7 Å². The second kappa shape index (κ2) is 5.16. The standard InChI is InChI=1S/C12H18N2O2/c1-9-13-8-6-10(14-9)11(15)5-7-12(2,3)16-4/h6,8H,5,7H2,1-4H3. The number of hydrogen-bond donors (Lipinski definition) is 0. The second-order valence-corrected chi connectivity index (χ2v) is 4.38. The van der Waals surface area contributed by atoms with E-state index >= 15 is 0 Å². The molecule has 0 unspecified atom stereocenters. The molecule has 0 aliphatic carbocycles. The zero-order chi connectivity index (χ0) is 12.2. The molecule has 16 heavy (non-hydrogen) atoms. The summed E-state index contributed by atoms with van der Waals surface area (Å²) in [5.74, 6) is 0.660. The summed E-state index contributed by atoms with van der Waals surface area (Å²) < 4.78 is 5.26. The zero-order valence-electron chi connectivity index (χ0n) is 10.3. The van der Waals surface area contributed by atoms with Gasteiger partial charge in [0.15, 0.2) is 5.78 Å². The predicted molar refractivity (Wildman–Crippen MR) is 61.4 cm³/mol. The number of ketones is 1. The van der Waals surface area contributed by atoms with Gasteiger partial charge in [-0.15, -0.1) is 0 Å². The number of Topliss-reactive ketones (excluding diaryl/α,β-unsaturated/α-hetero) is 1. The van der Waals surface area contributed by atoms with Crippen molar-refractivity contribution in [1.29, 1.82) is 0 Å². The Hall–Kier alpha value is -1.29. The molecular weight excluding hydrogens is 204 g/mol. The molecule has 4 nitrogen and oxygen atoms in total. The topological polar surface area (TPSA) is 52.1 Å². The van der Waals surface area contributed by atoms with Crippen LogP contribution >= 0.6 is 0 Å². The van der Waals surface area contributed by atoms with Gasteiger partial charge in [0.05, 0.1) is 5.60 Å². The Balaban J connectivity index is 2.60. The van der Waals surface area contributed by atoms with Gasteiger partial charge in [-0.2, -0.15) is 0 Å².